The average Bonchev–Trinajstić information content (AvgIpc) is 2.13. The van der Waals surface area contributed by atoms with E-state index < -0.39 is 0 Å². The molecule has 0 fully saturated rings. The van der Waals surface area contributed by atoms with Gasteiger partial charge in [0.15, 0.2) is 0 Å². The number of hydrogen-bond acceptors (Lipinski definition) is 3. The van der Waals surface area contributed by atoms with Crippen molar-refractivity contribution in [3.8, 4) is 0 Å². The Morgan fingerprint density at radius 3 is 2.50 bits per heavy atom. The molecule has 1 atom stereocenters. The maximum atomic E-state index is 11.3. The summed E-state index contributed by atoms with van der Waals surface area (Å²) in [7, 11) is 0. The molecule has 0 aliphatic rings. The van der Waals surface area contributed by atoms with Crippen LogP contribution in [-0.4, -0.2) is 25.1 Å². The Morgan fingerprint density at radius 1 is 1.36 bits per heavy atom. The van der Waals surface area contributed by atoms with E-state index in [0.717, 1.165) is 13.0 Å². The summed E-state index contributed by atoms with van der Waals surface area (Å²) in [4.78, 5) is 16.5. The third-order valence-electron chi connectivity index (χ3n) is 1.62. The zero-order valence-corrected chi connectivity index (χ0v) is 9.59. The van der Waals surface area contributed by atoms with Gasteiger partial charge in [0.25, 0.3) is 0 Å². The summed E-state index contributed by atoms with van der Waals surface area (Å²) in [6.45, 7) is 9.26. The van der Waals surface area contributed by atoms with Crippen molar-refractivity contribution in [2.45, 2.75) is 40.2 Å². The molecular formula is C10H22N2O2. The van der Waals surface area contributed by atoms with Crippen molar-refractivity contribution in [2.75, 3.05) is 13.2 Å². The number of carbonyl (C=O) groups excluding carboxylic acids is 1. The highest BCUT2D eigenvalue weighted by Gasteiger charge is 2.11. The van der Waals surface area contributed by atoms with Crippen LogP contribution in [0.1, 0.15) is 34.1 Å². The number of carbonyl (C=O) groups is 1. The van der Waals surface area contributed by atoms with Crippen LogP contribution in [0.4, 0.5) is 0 Å². The Hall–Kier alpha value is -0.610. The molecule has 0 saturated heterocycles. The highest BCUT2D eigenvalue weighted by Crippen LogP contribution is 1.91. The second-order valence-electron chi connectivity index (χ2n) is 3.84. The molecule has 0 rings (SSSR count). The minimum atomic E-state index is -0.291. The second kappa shape index (κ2) is 7.76. The molecule has 2 N–H and O–H groups in total. The first kappa shape index (κ1) is 13.4. The van der Waals surface area contributed by atoms with E-state index >= 15 is 0 Å². The van der Waals surface area contributed by atoms with Crippen molar-refractivity contribution < 1.29 is 9.63 Å². The van der Waals surface area contributed by atoms with Gasteiger partial charge < -0.3 is 10.2 Å². The average molecular weight is 202 g/mol. The van der Waals surface area contributed by atoms with Gasteiger partial charge in [-0.25, -0.2) is 0 Å². The molecule has 14 heavy (non-hydrogen) atoms. The standard InChI is InChI=1S/C10H22N2O2/c1-5-6-11-10(13)9(4)12-14-7-8(2)3/h8-9,12H,5-7H2,1-4H3,(H,11,13). The fraction of sp³-hybridized carbons (Fsp3) is 0.900. The summed E-state index contributed by atoms with van der Waals surface area (Å²) >= 11 is 0. The first-order chi connectivity index (χ1) is 6.57. The van der Waals surface area contributed by atoms with Crippen molar-refractivity contribution in [1.29, 1.82) is 0 Å². The number of rotatable bonds is 7. The molecule has 4 nitrogen and oxygen atoms in total. The Morgan fingerprint density at radius 2 is 2.00 bits per heavy atom. The van der Waals surface area contributed by atoms with Crippen LogP contribution in [0.25, 0.3) is 0 Å². The molecule has 1 unspecified atom stereocenters. The van der Waals surface area contributed by atoms with Crippen LogP contribution >= 0.6 is 0 Å². The normalized spacial score (nSPS) is 12.9. The van der Waals surface area contributed by atoms with Gasteiger partial charge in [0.1, 0.15) is 6.04 Å². The lowest BCUT2D eigenvalue weighted by Crippen LogP contribution is -2.42. The van der Waals surface area contributed by atoms with E-state index in [1.165, 1.54) is 0 Å². The Labute approximate surface area is 86.4 Å². The van der Waals surface area contributed by atoms with Crippen LogP contribution < -0.4 is 10.8 Å². The molecule has 0 aromatic carbocycles. The van der Waals surface area contributed by atoms with Crippen molar-refractivity contribution >= 4 is 5.91 Å². The summed E-state index contributed by atoms with van der Waals surface area (Å²) in [5, 5.41) is 2.79. The van der Waals surface area contributed by atoms with Crippen LogP contribution in [0.15, 0.2) is 0 Å². The Bertz CT molecular complexity index is 160. The van der Waals surface area contributed by atoms with E-state index in [4.69, 9.17) is 4.84 Å². The van der Waals surface area contributed by atoms with Gasteiger partial charge in [0.2, 0.25) is 5.91 Å². The number of hydrogen-bond donors (Lipinski definition) is 2. The Balaban J connectivity index is 3.51. The quantitative estimate of drug-likeness (QED) is 0.607. The molecule has 4 heteroatoms. The molecule has 84 valence electrons. The predicted octanol–water partition coefficient (Wildman–Crippen LogP) is 1.08. The lowest BCUT2D eigenvalue weighted by Gasteiger charge is -2.14. The monoisotopic (exact) mass is 202 g/mol. The van der Waals surface area contributed by atoms with Gasteiger partial charge in [-0.3, -0.25) is 4.79 Å². The third-order valence-corrected chi connectivity index (χ3v) is 1.62. The van der Waals surface area contributed by atoms with Crippen LogP contribution in [0.2, 0.25) is 0 Å². The van der Waals surface area contributed by atoms with Gasteiger partial charge in [-0.2, -0.15) is 5.48 Å². The molecule has 0 aromatic rings. The van der Waals surface area contributed by atoms with E-state index in [1.807, 2.05) is 6.92 Å². The molecule has 0 bridgehead atoms. The van der Waals surface area contributed by atoms with Gasteiger partial charge in [0.05, 0.1) is 6.61 Å². The first-order valence-corrected chi connectivity index (χ1v) is 5.23. The van der Waals surface area contributed by atoms with Gasteiger partial charge in [-0.1, -0.05) is 20.8 Å². The summed E-state index contributed by atoms with van der Waals surface area (Å²) in [6, 6.07) is -0.291. The molecule has 0 saturated carbocycles. The molecule has 1 amide bonds. The molecule has 0 radical (unpaired) electrons. The minimum absolute atomic E-state index is 0.0180. The number of amides is 1. The summed E-state index contributed by atoms with van der Waals surface area (Å²) in [5.74, 6) is 0.448. The van der Waals surface area contributed by atoms with Gasteiger partial charge in [0, 0.05) is 6.54 Å². The van der Waals surface area contributed by atoms with Gasteiger partial charge in [-0.05, 0) is 19.3 Å². The predicted molar refractivity (Wildman–Crippen MR) is 56.7 cm³/mol. The second-order valence-corrected chi connectivity index (χ2v) is 3.84. The van der Waals surface area contributed by atoms with Crippen molar-refractivity contribution in [1.82, 2.24) is 10.8 Å². The summed E-state index contributed by atoms with van der Waals surface area (Å²) in [5.41, 5.74) is 2.71. The van der Waals surface area contributed by atoms with Crippen molar-refractivity contribution in [3.05, 3.63) is 0 Å². The van der Waals surface area contributed by atoms with Gasteiger partial charge >= 0.3 is 0 Å². The van der Waals surface area contributed by atoms with Crippen LogP contribution in [0.5, 0.6) is 0 Å². The minimum Gasteiger partial charge on any atom is -0.355 e. The van der Waals surface area contributed by atoms with E-state index in [9.17, 15) is 4.79 Å². The van der Waals surface area contributed by atoms with E-state index in [2.05, 4.69) is 24.6 Å². The number of nitrogens with one attached hydrogen (secondary N) is 2. The highest BCUT2D eigenvalue weighted by molar-refractivity contribution is 5.81. The highest BCUT2D eigenvalue weighted by atomic mass is 16.6. The first-order valence-electron chi connectivity index (χ1n) is 5.23. The molecular weight excluding hydrogens is 180 g/mol. The molecule has 0 aliphatic carbocycles. The molecule has 0 aromatic heterocycles. The molecule has 0 aliphatic heterocycles. The maximum absolute atomic E-state index is 11.3. The van der Waals surface area contributed by atoms with Crippen LogP contribution in [-0.2, 0) is 9.63 Å². The SMILES string of the molecule is CCCNC(=O)C(C)NOCC(C)C. The fourth-order valence-electron chi connectivity index (χ4n) is 0.795. The zero-order valence-electron chi connectivity index (χ0n) is 9.59. The van der Waals surface area contributed by atoms with Crippen molar-refractivity contribution in [3.63, 3.8) is 0 Å². The zero-order chi connectivity index (χ0) is 11.0. The molecule has 0 spiro atoms. The van der Waals surface area contributed by atoms with Crippen LogP contribution in [0.3, 0.4) is 0 Å². The van der Waals surface area contributed by atoms with E-state index in [0.29, 0.717) is 12.5 Å². The summed E-state index contributed by atoms with van der Waals surface area (Å²) in [6.07, 6.45) is 0.950. The van der Waals surface area contributed by atoms with E-state index in [-0.39, 0.29) is 11.9 Å². The molecule has 0 heterocycles. The van der Waals surface area contributed by atoms with Crippen molar-refractivity contribution in [2.24, 2.45) is 5.92 Å². The third kappa shape index (κ3) is 6.86. The maximum Gasteiger partial charge on any atom is 0.239 e. The lowest BCUT2D eigenvalue weighted by atomic mass is 10.2. The Kier molecular flexibility index (Phi) is 7.42. The summed E-state index contributed by atoms with van der Waals surface area (Å²) < 4.78 is 0. The largest absolute Gasteiger partial charge is 0.355 e. The fourth-order valence-corrected chi connectivity index (χ4v) is 0.795. The van der Waals surface area contributed by atoms with E-state index in [1.54, 1.807) is 6.92 Å². The van der Waals surface area contributed by atoms with Gasteiger partial charge in [-0.15, -0.1) is 0 Å². The number of hydroxylamine groups is 1. The van der Waals surface area contributed by atoms with Crippen LogP contribution in [0, 0.1) is 5.92 Å². The smallest absolute Gasteiger partial charge is 0.239 e. The lowest BCUT2D eigenvalue weighted by molar-refractivity contribution is -0.127. The topological polar surface area (TPSA) is 50.4 Å².